The molecule has 34 heavy (non-hydrogen) atoms. The van der Waals surface area contributed by atoms with Crippen molar-refractivity contribution in [3.05, 3.63) is 90.2 Å². The molecule has 1 aliphatic rings. The molecule has 0 radical (unpaired) electrons. The van der Waals surface area contributed by atoms with Crippen LogP contribution >= 0.6 is 0 Å². The van der Waals surface area contributed by atoms with Crippen molar-refractivity contribution >= 4 is 27.5 Å². The fraction of sp³-hybridized carbons (Fsp3) is 0.200. The topological polar surface area (TPSA) is 84.0 Å². The molecule has 1 saturated heterocycles. The third-order valence-corrected chi connectivity index (χ3v) is 7.35. The van der Waals surface area contributed by atoms with Gasteiger partial charge < -0.3 is 4.74 Å². The van der Waals surface area contributed by atoms with Gasteiger partial charge in [0, 0.05) is 6.54 Å². The molecule has 3 aromatic carbocycles. The maximum atomic E-state index is 13.6. The average Bonchev–Trinajstić information content (AvgIpc) is 3.13. The van der Waals surface area contributed by atoms with Gasteiger partial charge >= 0.3 is 0 Å². The van der Waals surface area contributed by atoms with Crippen LogP contribution in [0.15, 0.2) is 83.8 Å². The van der Waals surface area contributed by atoms with E-state index in [1.807, 2.05) is 6.92 Å². The molecule has 4 rings (SSSR count). The first-order chi connectivity index (χ1) is 16.3. The lowest BCUT2D eigenvalue weighted by molar-refractivity contribution is -0.122. The summed E-state index contributed by atoms with van der Waals surface area (Å²) in [6.45, 7) is 2.12. The van der Waals surface area contributed by atoms with Crippen molar-refractivity contribution in [1.29, 1.82) is 0 Å². The van der Waals surface area contributed by atoms with Crippen LogP contribution in [0, 0.1) is 5.82 Å². The third-order valence-electron chi connectivity index (χ3n) is 5.48. The average molecular weight is 483 g/mol. The summed E-state index contributed by atoms with van der Waals surface area (Å²) in [5.74, 6) is -1.02. The lowest BCUT2D eigenvalue weighted by Crippen LogP contribution is -2.45. The summed E-state index contributed by atoms with van der Waals surface area (Å²) < 4.78 is 46.9. The second-order valence-corrected chi connectivity index (χ2v) is 9.59. The van der Waals surface area contributed by atoms with Crippen LogP contribution in [0.2, 0.25) is 0 Å². The van der Waals surface area contributed by atoms with Crippen LogP contribution in [0.1, 0.15) is 18.9 Å². The Kier molecular flexibility index (Phi) is 6.76. The van der Waals surface area contributed by atoms with Gasteiger partial charge in [0.05, 0.1) is 23.6 Å². The van der Waals surface area contributed by atoms with E-state index in [1.165, 1.54) is 36.4 Å². The number of benzene rings is 3. The van der Waals surface area contributed by atoms with E-state index in [1.54, 1.807) is 42.5 Å². The largest absolute Gasteiger partial charge is 0.494 e. The molecule has 1 atom stereocenters. The number of carbonyl (C=O) groups is 2. The van der Waals surface area contributed by atoms with Gasteiger partial charge in [-0.15, -0.1) is 0 Å². The van der Waals surface area contributed by atoms with E-state index in [9.17, 15) is 22.4 Å². The number of imide groups is 1. The summed E-state index contributed by atoms with van der Waals surface area (Å²) in [5, 5.41) is 0. The molecule has 0 spiro atoms. The highest BCUT2D eigenvalue weighted by molar-refractivity contribution is 7.89. The number of carbonyl (C=O) groups excluding carboxylic acids is 2. The van der Waals surface area contributed by atoms with Crippen molar-refractivity contribution < 1.29 is 27.1 Å². The first-order valence-corrected chi connectivity index (χ1v) is 12.2. The van der Waals surface area contributed by atoms with E-state index in [4.69, 9.17) is 4.74 Å². The predicted octanol–water partition coefficient (Wildman–Crippen LogP) is 3.75. The highest BCUT2D eigenvalue weighted by atomic mass is 32.2. The first-order valence-electron chi connectivity index (χ1n) is 10.7. The van der Waals surface area contributed by atoms with Crippen molar-refractivity contribution in [2.45, 2.75) is 30.8 Å². The Bertz CT molecular complexity index is 1280. The van der Waals surface area contributed by atoms with E-state index >= 15 is 0 Å². The first kappa shape index (κ1) is 23.6. The van der Waals surface area contributed by atoms with Crippen LogP contribution in [0.3, 0.4) is 0 Å². The molecule has 0 saturated carbocycles. The number of ether oxygens (including phenoxy) is 1. The molecule has 1 heterocycles. The van der Waals surface area contributed by atoms with Crippen molar-refractivity contribution in [1.82, 2.24) is 4.31 Å². The zero-order chi connectivity index (χ0) is 24.3. The lowest BCUT2D eigenvalue weighted by Gasteiger charge is -2.27. The Balaban J connectivity index is 1.70. The van der Waals surface area contributed by atoms with Gasteiger partial charge in [0.1, 0.15) is 17.6 Å². The Morgan fingerprint density at radius 2 is 1.62 bits per heavy atom. The molecule has 3 aromatic rings. The minimum atomic E-state index is -4.15. The SMILES string of the molecule is CCOc1ccc(N2C(=O)CC(N(Cc3ccc(F)cc3)S(=O)(=O)c3ccccc3)C2=O)cc1. The Hall–Kier alpha value is -3.56. The molecule has 176 valence electrons. The standard InChI is InChI=1S/C25H23FN2O5S/c1-2-33-21-14-12-20(13-15-21)28-24(29)16-23(25(28)30)27(17-18-8-10-19(26)11-9-18)34(31,32)22-6-4-3-5-7-22/h3-15,23H,2,16-17H2,1H3. The monoisotopic (exact) mass is 482 g/mol. The number of sulfonamides is 1. The minimum absolute atomic E-state index is 0.00289. The fourth-order valence-electron chi connectivity index (χ4n) is 3.83. The Morgan fingerprint density at radius 3 is 2.24 bits per heavy atom. The van der Waals surface area contributed by atoms with E-state index in [-0.39, 0.29) is 17.9 Å². The number of amides is 2. The number of anilines is 1. The summed E-state index contributed by atoms with van der Waals surface area (Å²) in [7, 11) is -4.15. The van der Waals surface area contributed by atoms with Gasteiger partial charge in [-0.2, -0.15) is 4.31 Å². The van der Waals surface area contributed by atoms with Crippen molar-refractivity contribution in [2.75, 3.05) is 11.5 Å². The number of rotatable bonds is 8. The molecule has 0 N–H and O–H groups in total. The summed E-state index contributed by atoms with van der Waals surface area (Å²) in [5.41, 5.74) is 0.820. The molecule has 1 unspecified atom stereocenters. The number of nitrogens with zero attached hydrogens (tertiary/aromatic N) is 2. The molecular weight excluding hydrogens is 459 g/mol. The van der Waals surface area contributed by atoms with E-state index in [0.717, 1.165) is 9.21 Å². The van der Waals surface area contributed by atoms with Crippen LogP contribution in [0.4, 0.5) is 10.1 Å². The highest BCUT2D eigenvalue weighted by Gasteiger charge is 2.47. The third kappa shape index (κ3) is 4.71. The van der Waals surface area contributed by atoms with E-state index in [2.05, 4.69) is 0 Å². The zero-order valence-corrected chi connectivity index (χ0v) is 19.2. The Morgan fingerprint density at radius 1 is 0.971 bits per heavy atom. The van der Waals surface area contributed by atoms with Gasteiger partial charge in [0.25, 0.3) is 5.91 Å². The van der Waals surface area contributed by atoms with Gasteiger partial charge in [0.15, 0.2) is 0 Å². The van der Waals surface area contributed by atoms with Crippen molar-refractivity contribution in [3.63, 3.8) is 0 Å². The van der Waals surface area contributed by atoms with Gasteiger partial charge in [-0.25, -0.2) is 17.7 Å². The van der Waals surface area contributed by atoms with Crippen LogP contribution in [-0.2, 0) is 26.2 Å². The summed E-state index contributed by atoms with van der Waals surface area (Å²) >= 11 is 0. The van der Waals surface area contributed by atoms with Gasteiger partial charge in [-0.05, 0) is 61.0 Å². The molecule has 0 aromatic heterocycles. The lowest BCUT2D eigenvalue weighted by atomic mass is 10.2. The molecule has 9 heteroatoms. The van der Waals surface area contributed by atoms with Crippen molar-refractivity contribution in [3.8, 4) is 5.75 Å². The summed E-state index contributed by atoms with van der Waals surface area (Å²) in [6.07, 6.45) is -0.306. The van der Waals surface area contributed by atoms with Gasteiger partial charge in [0.2, 0.25) is 15.9 Å². The van der Waals surface area contributed by atoms with Crippen LogP contribution in [0.5, 0.6) is 5.75 Å². The Labute approximate surface area is 197 Å². The molecule has 2 amide bonds. The van der Waals surface area contributed by atoms with Gasteiger partial charge in [-0.1, -0.05) is 30.3 Å². The molecule has 1 aliphatic heterocycles. The van der Waals surface area contributed by atoms with Crippen LogP contribution < -0.4 is 9.64 Å². The molecular formula is C25H23FN2O5S. The minimum Gasteiger partial charge on any atom is -0.494 e. The summed E-state index contributed by atoms with van der Waals surface area (Å²) in [4.78, 5) is 27.3. The number of hydrogen-bond acceptors (Lipinski definition) is 5. The predicted molar refractivity (Wildman–Crippen MR) is 124 cm³/mol. The summed E-state index contributed by atoms with van der Waals surface area (Å²) in [6, 6.07) is 18.3. The zero-order valence-electron chi connectivity index (χ0n) is 18.4. The normalized spacial score (nSPS) is 16.3. The molecule has 0 aliphatic carbocycles. The van der Waals surface area contributed by atoms with Gasteiger partial charge in [-0.3, -0.25) is 9.59 Å². The molecule has 0 bridgehead atoms. The molecule has 1 fully saturated rings. The van der Waals surface area contributed by atoms with Crippen molar-refractivity contribution in [2.24, 2.45) is 0 Å². The smallest absolute Gasteiger partial charge is 0.252 e. The number of hydrogen-bond donors (Lipinski definition) is 0. The van der Waals surface area contributed by atoms with Crippen LogP contribution in [-0.4, -0.2) is 37.2 Å². The highest BCUT2D eigenvalue weighted by Crippen LogP contribution is 2.31. The second kappa shape index (κ2) is 9.74. The maximum absolute atomic E-state index is 13.6. The molecule has 7 nitrogen and oxygen atoms in total. The van der Waals surface area contributed by atoms with Crippen LogP contribution in [0.25, 0.3) is 0 Å². The maximum Gasteiger partial charge on any atom is 0.252 e. The quantitative estimate of drug-likeness (QED) is 0.457. The fourth-order valence-corrected chi connectivity index (χ4v) is 5.42. The second-order valence-electron chi connectivity index (χ2n) is 7.70. The van der Waals surface area contributed by atoms with E-state index in [0.29, 0.717) is 23.6 Å². The number of halogens is 1. The van der Waals surface area contributed by atoms with E-state index < -0.39 is 33.7 Å².